The van der Waals surface area contributed by atoms with E-state index in [0.29, 0.717) is 19.3 Å². The maximum absolute atomic E-state index is 10.1. The van der Waals surface area contributed by atoms with Crippen LogP contribution in [0.25, 0.3) is 0 Å². The monoisotopic (exact) mass is 262 g/mol. The average Bonchev–Trinajstić information content (AvgIpc) is 2.34. The summed E-state index contributed by atoms with van der Waals surface area (Å²) in [5.74, 6) is -0.180. The van der Waals surface area contributed by atoms with Gasteiger partial charge in [-0.2, -0.15) is 0 Å². The first kappa shape index (κ1) is 17.8. The van der Waals surface area contributed by atoms with Gasteiger partial charge < -0.3 is 20.4 Å². The predicted molar refractivity (Wildman–Crippen MR) is 72.2 cm³/mol. The van der Waals surface area contributed by atoms with Crippen molar-refractivity contribution in [1.29, 1.82) is 0 Å². The van der Waals surface area contributed by atoms with Crippen LogP contribution in [0.1, 0.15) is 53.4 Å². The smallest absolute Gasteiger partial charge is 0.0616 e. The fraction of sp³-hybridized carbons (Fsp3) is 1.00. The highest BCUT2D eigenvalue weighted by Gasteiger charge is 2.35. The van der Waals surface area contributed by atoms with Crippen molar-refractivity contribution >= 4 is 0 Å². The first-order valence-electron chi connectivity index (χ1n) is 6.92. The van der Waals surface area contributed by atoms with Gasteiger partial charge in [0.25, 0.3) is 0 Å². The summed E-state index contributed by atoms with van der Waals surface area (Å²) in [5, 5.41) is 38.8. The molecule has 0 rings (SSSR count). The first-order valence-corrected chi connectivity index (χ1v) is 6.92. The third-order valence-electron chi connectivity index (χ3n) is 3.96. The van der Waals surface area contributed by atoms with Crippen LogP contribution in [0.3, 0.4) is 0 Å². The molecule has 0 aliphatic heterocycles. The van der Waals surface area contributed by atoms with Gasteiger partial charge in [0, 0.05) is 17.9 Å². The van der Waals surface area contributed by atoms with E-state index in [1.54, 1.807) is 6.92 Å². The van der Waals surface area contributed by atoms with Crippen molar-refractivity contribution in [1.82, 2.24) is 0 Å². The minimum absolute atomic E-state index is 0.0564. The van der Waals surface area contributed by atoms with E-state index in [1.807, 2.05) is 20.8 Å². The number of hydrogen-bond donors (Lipinski definition) is 4. The van der Waals surface area contributed by atoms with E-state index >= 15 is 0 Å². The lowest BCUT2D eigenvalue weighted by Gasteiger charge is -2.36. The van der Waals surface area contributed by atoms with Crippen molar-refractivity contribution in [3.8, 4) is 0 Å². The number of aliphatic hydroxyl groups excluding tert-OH is 4. The summed E-state index contributed by atoms with van der Waals surface area (Å²) in [6.45, 7) is 7.41. The lowest BCUT2D eigenvalue weighted by Crippen LogP contribution is -2.41. The second-order valence-corrected chi connectivity index (χ2v) is 5.95. The van der Waals surface area contributed by atoms with Gasteiger partial charge in [-0.05, 0) is 19.3 Å². The molecule has 0 heterocycles. The fourth-order valence-electron chi connectivity index (χ4n) is 1.97. The van der Waals surface area contributed by atoms with Crippen molar-refractivity contribution in [2.24, 2.45) is 11.3 Å². The molecular formula is C14H30O4. The Morgan fingerprint density at radius 2 is 1.44 bits per heavy atom. The molecule has 0 radical (unpaired) electrons. The molecule has 4 nitrogen and oxygen atoms in total. The summed E-state index contributed by atoms with van der Waals surface area (Å²) in [6.07, 6.45) is 0.610. The minimum atomic E-state index is -0.653. The van der Waals surface area contributed by atoms with Crippen LogP contribution in [0, 0.1) is 11.3 Å². The Morgan fingerprint density at radius 3 is 1.89 bits per heavy atom. The standard InChI is InChI=1S/C14H30O4/c1-5-6-12(17)14(3,4)13(18)8-7-11(16)10(2)9-15/h10-13,15-18H,5-9H2,1-4H3. The Hall–Kier alpha value is -0.160. The van der Waals surface area contributed by atoms with Crippen molar-refractivity contribution < 1.29 is 20.4 Å². The summed E-state index contributed by atoms with van der Waals surface area (Å²) >= 11 is 0. The number of aliphatic hydroxyl groups is 4. The van der Waals surface area contributed by atoms with Gasteiger partial charge in [0.1, 0.15) is 0 Å². The summed E-state index contributed by atoms with van der Waals surface area (Å²) in [4.78, 5) is 0. The fourth-order valence-corrected chi connectivity index (χ4v) is 1.97. The molecule has 0 saturated carbocycles. The Balaban J connectivity index is 4.26. The third-order valence-corrected chi connectivity index (χ3v) is 3.96. The quantitative estimate of drug-likeness (QED) is 0.505. The molecule has 4 atom stereocenters. The predicted octanol–water partition coefficient (Wildman–Crippen LogP) is 1.30. The maximum Gasteiger partial charge on any atom is 0.0616 e. The molecule has 4 N–H and O–H groups in total. The van der Waals surface area contributed by atoms with E-state index in [4.69, 9.17) is 5.11 Å². The molecule has 18 heavy (non-hydrogen) atoms. The van der Waals surface area contributed by atoms with Gasteiger partial charge in [-0.15, -0.1) is 0 Å². The molecule has 110 valence electrons. The molecule has 0 bridgehead atoms. The molecule has 0 spiro atoms. The first-order chi connectivity index (χ1) is 8.27. The zero-order valence-corrected chi connectivity index (χ0v) is 12.1. The maximum atomic E-state index is 10.1. The summed E-state index contributed by atoms with van der Waals surface area (Å²) in [6, 6.07) is 0. The van der Waals surface area contributed by atoms with E-state index in [2.05, 4.69) is 0 Å². The van der Waals surface area contributed by atoms with Crippen LogP contribution in [0.15, 0.2) is 0 Å². The Kier molecular flexibility index (Phi) is 8.03. The molecule has 0 aromatic rings. The molecule has 0 aliphatic carbocycles. The van der Waals surface area contributed by atoms with Crippen LogP contribution in [0.2, 0.25) is 0 Å². The zero-order chi connectivity index (χ0) is 14.3. The van der Waals surface area contributed by atoms with Crippen molar-refractivity contribution in [3.63, 3.8) is 0 Å². The van der Waals surface area contributed by atoms with Crippen molar-refractivity contribution in [3.05, 3.63) is 0 Å². The van der Waals surface area contributed by atoms with Crippen LogP contribution in [0.4, 0.5) is 0 Å². The van der Waals surface area contributed by atoms with Crippen LogP contribution in [-0.2, 0) is 0 Å². The SMILES string of the molecule is CCCC(O)C(C)(C)C(O)CCC(O)C(C)CO. The molecule has 0 aromatic heterocycles. The van der Waals surface area contributed by atoms with E-state index in [-0.39, 0.29) is 12.5 Å². The van der Waals surface area contributed by atoms with E-state index in [9.17, 15) is 15.3 Å². The molecule has 4 unspecified atom stereocenters. The van der Waals surface area contributed by atoms with Gasteiger partial charge in [-0.3, -0.25) is 0 Å². The van der Waals surface area contributed by atoms with Crippen molar-refractivity contribution in [2.45, 2.75) is 71.7 Å². The Bertz CT molecular complexity index is 218. The lowest BCUT2D eigenvalue weighted by molar-refractivity contribution is -0.0607. The average molecular weight is 262 g/mol. The topological polar surface area (TPSA) is 80.9 Å². The molecule has 0 fully saturated rings. The number of rotatable bonds is 9. The second-order valence-electron chi connectivity index (χ2n) is 5.95. The summed E-state index contributed by atoms with van der Waals surface area (Å²) in [7, 11) is 0. The van der Waals surface area contributed by atoms with Crippen LogP contribution < -0.4 is 0 Å². The van der Waals surface area contributed by atoms with Crippen LogP contribution >= 0.6 is 0 Å². The molecule has 4 heteroatoms. The molecular weight excluding hydrogens is 232 g/mol. The van der Waals surface area contributed by atoms with Crippen molar-refractivity contribution in [2.75, 3.05) is 6.61 Å². The highest BCUT2D eigenvalue weighted by molar-refractivity contribution is 4.85. The summed E-state index contributed by atoms with van der Waals surface area (Å²) < 4.78 is 0. The van der Waals surface area contributed by atoms with Gasteiger partial charge in [-0.25, -0.2) is 0 Å². The van der Waals surface area contributed by atoms with Gasteiger partial charge in [0.2, 0.25) is 0 Å². The minimum Gasteiger partial charge on any atom is -0.396 e. The Labute approximate surface area is 111 Å². The number of hydrogen-bond acceptors (Lipinski definition) is 4. The van der Waals surface area contributed by atoms with Gasteiger partial charge in [0.05, 0.1) is 18.3 Å². The Morgan fingerprint density at radius 1 is 0.944 bits per heavy atom. The molecule has 0 amide bonds. The third kappa shape index (κ3) is 5.22. The van der Waals surface area contributed by atoms with Gasteiger partial charge >= 0.3 is 0 Å². The molecule has 0 aliphatic rings. The zero-order valence-electron chi connectivity index (χ0n) is 12.1. The molecule has 0 aromatic carbocycles. The van der Waals surface area contributed by atoms with E-state index in [1.165, 1.54) is 0 Å². The van der Waals surface area contributed by atoms with Gasteiger partial charge in [0.15, 0.2) is 0 Å². The molecule has 0 saturated heterocycles. The van der Waals surface area contributed by atoms with E-state index in [0.717, 1.165) is 6.42 Å². The normalized spacial score (nSPS) is 19.3. The highest BCUT2D eigenvalue weighted by atomic mass is 16.3. The lowest BCUT2D eigenvalue weighted by atomic mass is 9.77. The summed E-state index contributed by atoms with van der Waals surface area (Å²) in [5.41, 5.74) is -0.571. The largest absolute Gasteiger partial charge is 0.396 e. The second kappa shape index (κ2) is 8.10. The van der Waals surface area contributed by atoms with Crippen LogP contribution in [-0.4, -0.2) is 45.3 Å². The van der Waals surface area contributed by atoms with E-state index < -0.39 is 23.7 Å². The van der Waals surface area contributed by atoms with Gasteiger partial charge in [-0.1, -0.05) is 34.1 Å². The highest BCUT2D eigenvalue weighted by Crippen LogP contribution is 2.31. The van der Waals surface area contributed by atoms with Crippen LogP contribution in [0.5, 0.6) is 0 Å².